The van der Waals surface area contributed by atoms with Gasteiger partial charge in [0.1, 0.15) is 6.26 Å². The number of ether oxygens (including phenoxy) is 1. The fourth-order valence-electron chi connectivity index (χ4n) is 3.46. The summed E-state index contributed by atoms with van der Waals surface area (Å²) in [7, 11) is 0. The molecule has 134 valence electrons. The second-order valence-electron chi connectivity index (χ2n) is 6.59. The van der Waals surface area contributed by atoms with E-state index in [2.05, 4.69) is 4.98 Å². The van der Waals surface area contributed by atoms with Crippen LogP contribution in [0.2, 0.25) is 0 Å². The van der Waals surface area contributed by atoms with Crippen molar-refractivity contribution in [3.63, 3.8) is 0 Å². The highest BCUT2D eigenvalue weighted by Crippen LogP contribution is 2.31. The van der Waals surface area contributed by atoms with Crippen molar-refractivity contribution in [1.29, 1.82) is 0 Å². The molecular weight excluding hydrogens is 308 g/mol. The molecule has 0 aliphatic heterocycles. The Labute approximate surface area is 143 Å². The first-order valence-electron chi connectivity index (χ1n) is 9.01. The zero-order valence-electron chi connectivity index (χ0n) is 14.5. The molecule has 24 heavy (non-hydrogen) atoms. The first-order valence-corrected chi connectivity index (χ1v) is 9.01. The number of nitrogens with two attached hydrogens (primary N) is 1. The zero-order valence-corrected chi connectivity index (χ0v) is 14.5. The molecule has 0 radical (unpaired) electrons. The molecule has 1 amide bonds. The third-order valence-electron chi connectivity index (χ3n) is 4.69. The lowest BCUT2D eigenvalue weighted by atomic mass is 9.84. The standard InChI is InChI=1S/C18H28N2O4/c1-2-23-18(22)15-12-24-17(20-15)14(11-16(19)21)10-6-9-13-7-4-3-5-8-13/h12-14H,2-11H2,1H3,(H2,19,21)/t14-/m1/s1. The molecule has 1 aliphatic rings. The molecule has 0 bridgehead atoms. The van der Waals surface area contributed by atoms with Crippen LogP contribution in [0.25, 0.3) is 0 Å². The van der Waals surface area contributed by atoms with Gasteiger partial charge in [-0.3, -0.25) is 4.79 Å². The summed E-state index contributed by atoms with van der Waals surface area (Å²) in [5.41, 5.74) is 5.51. The molecule has 2 N–H and O–H groups in total. The molecule has 0 saturated heterocycles. The zero-order chi connectivity index (χ0) is 17.4. The van der Waals surface area contributed by atoms with E-state index in [-0.39, 0.29) is 30.5 Å². The van der Waals surface area contributed by atoms with Crippen molar-refractivity contribution in [3.8, 4) is 0 Å². The van der Waals surface area contributed by atoms with E-state index in [1.807, 2.05) is 0 Å². The third kappa shape index (κ3) is 5.65. The first kappa shape index (κ1) is 18.5. The highest BCUT2D eigenvalue weighted by Gasteiger charge is 2.23. The second kappa shape index (κ2) is 9.45. The van der Waals surface area contributed by atoms with Crippen molar-refractivity contribution in [2.75, 3.05) is 6.61 Å². The van der Waals surface area contributed by atoms with Crippen LogP contribution in [0.3, 0.4) is 0 Å². The SMILES string of the molecule is CCOC(=O)c1coc([C@H](CCCC2CCCCC2)CC(N)=O)n1. The Morgan fingerprint density at radius 3 is 2.79 bits per heavy atom. The van der Waals surface area contributed by atoms with Gasteiger partial charge in [-0.1, -0.05) is 44.9 Å². The maximum Gasteiger partial charge on any atom is 0.360 e. The van der Waals surface area contributed by atoms with Crippen LogP contribution in [-0.4, -0.2) is 23.5 Å². The van der Waals surface area contributed by atoms with E-state index in [1.165, 1.54) is 44.8 Å². The van der Waals surface area contributed by atoms with Gasteiger partial charge >= 0.3 is 5.97 Å². The van der Waals surface area contributed by atoms with Gasteiger partial charge in [-0.15, -0.1) is 0 Å². The minimum atomic E-state index is -0.507. The van der Waals surface area contributed by atoms with Crippen molar-refractivity contribution >= 4 is 11.9 Å². The number of carbonyl (C=O) groups is 2. The topological polar surface area (TPSA) is 95.4 Å². The first-order chi connectivity index (χ1) is 11.6. The lowest BCUT2D eigenvalue weighted by Crippen LogP contribution is -2.16. The number of esters is 1. The number of rotatable bonds is 9. The van der Waals surface area contributed by atoms with E-state index < -0.39 is 5.97 Å². The highest BCUT2D eigenvalue weighted by molar-refractivity contribution is 5.86. The van der Waals surface area contributed by atoms with Crippen LogP contribution in [0.5, 0.6) is 0 Å². The van der Waals surface area contributed by atoms with Gasteiger partial charge in [-0.05, 0) is 19.3 Å². The number of hydrogen-bond donors (Lipinski definition) is 1. The summed E-state index contributed by atoms with van der Waals surface area (Å²) in [4.78, 5) is 27.2. The van der Waals surface area contributed by atoms with E-state index in [0.29, 0.717) is 5.89 Å². The Morgan fingerprint density at radius 2 is 2.12 bits per heavy atom. The molecule has 6 nitrogen and oxygen atoms in total. The predicted octanol–water partition coefficient (Wildman–Crippen LogP) is 3.56. The summed E-state index contributed by atoms with van der Waals surface area (Å²) in [6.07, 6.45) is 11.1. The summed E-state index contributed by atoms with van der Waals surface area (Å²) in [6.45, 7) is 2.02. The Morgan fingerprint density at radius 1 is 1.38 bits per heavy atom. The van der Waals surface area contributed by atoms with E-state index in [0.717, 1.165) is 18.8 Å². The van der Waals surface area contributed by atoms with Crippen molar-refractivity contribution in [1.82, 2.24) is 4.98 Å². The van der Waals surface area contributed by atoms with Crippen LogP contribution in [0.15, 0.2) is 10.7 Å². The Balaban J connectivity index is 1.91. The molecule has 6 heteroatoms. The summed E-state index contributed by atoms with van der Waals surface area (Å²) in [5.74, 6) is 0.142. The van der Waals surface area contributed by atoms with E-state index in [1.54, 1.807) is 6.92 Å². The van der Waals surface area contributed by atoms with Crippen LogP contribution < -0.4 is 5.73 Å². The van der Waals surface area contributed by atoms with Gasteiger partial charge in [0.25, 0.3) is 0 Å². The predicted molar refractivity (Wildman–Crippen MR) is 89.4 cm³/mol. The average Bonchev–Trinajstić information content (AvgIpc) is 3.05. The molecule has 1 heterocycles. The summed E-state index contributed by atoms with van der Waals surface area (Å²) in [5, 5.41) is 0. The summed E-state index contributed by atoms with van der Waals surface area (Å²) >= 11 is 0. The largest absolute Gasteiger partial charge is 0.461 e. The summed E-state index contributed by atoms with van der Waals surface area (Å²) in [6, 6.07) is 0. The highest BCUT2D eigenvalue weighted by atomic mass is 16.5. The van der Waals surface area contributed by atoms with E-state index in [9.17, 15) is 9.59 Å². The molecule has 1 fully saturated rings. The van der Waals surface area contributed by atoms with E-state index in [4.69, 9.17) is 14.9 Å². The number of carbonyl (C=O) groups excluding carboxylic acids is 2. The minimum Gasteiger partial charge on any atom is -0.461 e. The third-order valence-corrected chi connectivity index (χ3v) is 4.69. The lowest BCUT2D eigenvalue weighted by molar-refractivity contribution is -0.118. The molecule has 0 unspecified atom stereocenters. The molecule has 0 aromatic carbocycles. The number of primary amides is 1. The Kier molecular flexibility index (Phi) is 7.28. The van der Waals surface area contributed by atoms with Crippen molar-refractivity contribution in [2.24, 2.45) is 11.7 Å². The van der Waals surface area contributed by atoms with Crippen LogP contribution in [0.4, 0.5) is 0 Å². The van der Waals surface area contributed by atoms with Crippen LogP contribution in [0.1, 0.15) is 87.0 Å². The van der Waals surface area contributed by atoms with Crippen molar-refractivity contribution in [2.45, 2.75) is 70.6 Å². The van der Waals surface area contributed by atoms with Gasteiger partial charge in [0.15, 0.2) is 11.6 Å². The molecule has 2 rings (SSSR count). The molecular formula is C18H28N2O4. The second-order valence-corrected chi connectivity index (χ2v) is 6.59. The molecule has 1 saturated carbocycles. The molecule has 1 atom stereocenters. The van der Waals surface area contributed by atoms with Gasteiger partial charge < -0.3 is 14.9 Å². The lowest BCUT2D eigenvalue weighted by Gasteiger charge is -2.22. The van der Waals surface area contributed by atoms with Crippen LogP contribution in [-0.2, 0) is 9.53 Å². The van der Waals surface area contributed by atoms with Crippen LogP contribution >= 0.6 is 0 Å². The fraction of sp³-hybridized carbons (Fsp3) is 0.722. The Bertz CT molecular complexity index is 535. The number of hydrogen-bond acceptors (Lipinski definition) is 5. The number of aromatic nitrogens is 1. The smallest absolute Gasteiger partial charge is 0.360 e. The van der Waals surface area contributed by atoms with Gasteiger partial charge in [0.05, 0.1) is 6.61 Å². The van der Waals surface area contributed by atoms with Crippen LogP contribution in [0, 0.1) is 5.92 Å². The van der Waals surface area contributed by atoms with Gasteiger partial charge in [0.2, 0.25) is 5.91 Å². The van der Waals surface area contributed by atoms with E-state index >= 15 is 0 Å². The normalized spacial score (nSPS) is 16.7. The molecule has 1 aromatic rings. The molecule has 0 spiro atoms. The summed E-state index contributed by atoms with van der Waals surface area (Å²) < 4.78 is 10.3. The molecule has 1 aromatic heterocycles. The number of amides is 1. The fourth-order valence-corrected chi connectivity index (χ4v) is 3.46. The number of nitrogens with zero attached hydrogens (tertiary/aromatic N) is 1. The van der Waals surface area contributed by atoms with Crippen molar-refractivity contribution < 1.29 is 18.7 Å². The minimum absolute atomic E-state index is 0.147. The number of oxazole rings is 1. The van der Waals surface area contributed by atoms with Gasteiger partial charge in [0, 0.05) is 12.3 Å². The van der Waals surface area contributed by atoms with Crippen molar-refractivity contribution in [3.05, 3.63) is 17.8 Å². The maximum absolute atomic E-state index is 11.7. The van der Waals surface area contributed by atoms with Gasteiger partial charge in [-0.2, -0.15) is 0 Å². The monoisotopic (exact) mass is 336 g/mol. The molecule has 1 aliphatic carbocycles. The average molecular weight is 336 g/mol. The quantitative estimate of drug-likeness (QED) is 0.696. The van der Waals surface area contributed by atoms with Gasteiger partial charge in [-0.25, -0.2) is 9.78 Å². The maximum atomic E-state index is 11.7. The Hall–Kier alpha value is -1.85.